The van der Waals surface area contributed by atoms with Gasteiger partial charge in [0, 0.05) is 12.6 Å². The Kier molecular flexibility index (Phi) is 4.56. The van der Waals surface area contributed by atoms with Crippen molar-refractivity contribution in [1.29, 1.82) is 0 Å². The van der Waals surface area contributed by atoms with E-state index in [0.29, 0.717) is 17.1 Å². The third-order valence-electron chi connectivity index (χ3n) is 3.65. The van der Waals surface area contributed by atoms with Crippen LogP contribution in [0.3, 0.4) is 0 Å². The van der Waals surface area contributed by atoms with Crippen LogP contribution in [0.1, 0.15) is 13.8 Å². The largest absolute Gasteiger partial charge is 0.479 e. The molecule has 0 bridgehead atoms. The van der Waals surface area contributed by atoms with Crippen LogP contribution in [0, 0.1) is 0 Å². The molecule has 2 aromatic carbocycles. The van der Waals surface area contributed by atoms with E-state index in [4.69, 9.17) is 4.74 Å². The van der Waals surface area contributed by atoms with Gasteiger partial charge in [0.15, 0.2) is 6.10 Å². The van der Waals surface area contributed by atoms with E-state index in [2.05, 4.69) is 15.4 Å². The Balaban J connectivity index is 1.80. The summed E-state index contributed by atoms with van der Waals surface area (Å²) >= 11 is 0. The van der Waals surface area contributed by atoms with E-state index in [9.17, 15) is 18.0 Å². The molecule has 0 aromatic heterocycles. The summed E-state index contributed by atoms with van der Waals surface area (Å²) in [5.74, 6) is -0.0721. The lowest BCUT2D eigenvalue weighted by molar-refractivity contribution is -0.122. The van der Waals surface area contributed by atoms with Crippen LogP contribution in [0.2, 0.25) is 0 Å². The Hall–Kier alpha value is -3.07. The van der Waals surface area contributed by atoms with Gasteiger partial charge in [0.25, 0.3) is 15.9 Å². The van der Waals surface area contributed by atoms with E-state index in [1.54, 1.807) is 19.1 Å². The maximum Gasteiger partial charge on any atom is 0.265 e. The predicted octanol–water partition coefficient (Wildman–Crippen LogP) is 2.17. The first-order valence-electron chi connectivity index (χ1n) is 7.77. The zero-order valence-electron chi connectivity index (χ0n) is 14.1. The second-order valence-electron chi connectivity index (χ2n) is 5.77. The highest BCUT2D eigenvalue weighted by atomic mass is 32.2. The third kappa shape index (κ3) is 3.77. The van der Waals surface area contributed by atoms with Gasteiger partial charge in [-0.25, -0.2) is 8.42 Å². The van der Waals surface area contributed by atoms with Gasteiger partial charge in [-0.05, 0) is 49.4 Å². The monoisotopic (exact) mass is 375 g/mol. The Morgan fingerprint density at radius 1 is 1.12 bits per heavy atom. The number of benzene rings is 2. The lowest BCUT2D eigenvalue weighted by Gasteiger charge is -2.23. The van der Waals surface area contributed by atoms with Crippen molar-refractivity contribution in [2.45, 2.75) is 24.8 Å². The van der Waals surface area contributed by atoms with Crippen molar-refractivity contribution in [1.82, 2.24) is 0 Å². The van der Waals surface area contributed by atoms with Gasteiger partial charge in [0.2, 0.25) is 5.91 Å². The number of nitrogens with one attached hydrogen (secondary N) is 3. The molecule has 0 spiro atoms. The molecular weight excluding hydrogens is 358 g/mol. The summed E-state index contributed by atoms with van der Waals surface area (Å²) in [5, 5.41) is 5.23. The first-order valence-corrected chi connectivity index (χ1v) is 9.25. The molecule has 0 unspecified atom stereocenters. The quantitative estimate of drug-likeness (QED) is 0.758. The average molecular weight is 375 g/mol. The van der Waals surface area contributed by atoms with Crippen LogP contribution in [0.15, 0.2) is 47.4 Å². The number of hydrogen-bond donors (Lipinski definition) is 3. The summed E-state index contributed by atoms with van der Waals surface area (Å²) < 4.78 is 32.9. The molecular formula is C17H17N3O5S. The molecule has 0 aliphatic carbocycles. The fourth-order valence-corrected chi connectivity index (χ4v) is 3.46. The fourth-order valence-electron chi connectivity index (χ4n) is 2.41. The van der Waals surface area contributed by atoms with Crippen LogP contribution in [0.5, 0.6) is 5.75 Å². The van der Waals surface area contributed by atoms with E-state index in [-0.39, 0.29) is 22.4 Å². The second kappa shape index (κ2) is 6.68. The molecule has 26 heavy (non-hydrogen) atoms. The highest BCUT2D eigenvalue weighted by Crippen LogP contribution is 2.32. The molecule has 1 heterocycles. The first kappa shape index (κ1) is 17.7. The standard InChI is InChI=1S/C17H17N3O5S/c1-10-17(22)19-15-9-13(5-8-16(15)25-10)20-26(23,24)14-6-3-12(4-7-14)18-11(2)21/h3-10,20H,1-2H3,(H,18,21)(H,19,22)/t10-/m1/s1. The lowest BCUT2D eigenvalue weighted by Crippen LogP contribution is -2.34. The summed E-state index contributed by atoms with van der Waals surface area (Å²) in [5.41, 5.74) is 1.18. The van der Waals surface area contributed by atoms with Crippen molar-refractivity contribution >= 4 is 38.9 Å². The van der Waals surface area contributed by atoms with Crippen LogP contribution < -0.4 is 20.1 Å². The summed E-state index contributed by atoms with van der Waals surface area (Å²) in [6, 6.07) is 10.4. The second-order valence-corrected chi connectivity index (χ2v) is 7.45. The van der Waals surface area contributed by atoms with Crippen molar-refractivity contribution in [3.63, 3.8) is 0 Å². The number of rotatable bonds is 4. The summed E-state index contributed by atoms with van der Waals surface area (Å²) in [6.45, 7) is 2.99. The third-order valence-corrected chi connectivity index (χ3v) is 5.04. The minimum Gasteiger partial charge on any atom is -0.479 e. The average Bonchev–Trinajstić information content (AvgIpc) is 2.56. The van der Waals surface area contributed by atoms with E-state index >= 15 is 0 Å². The Morgan fingerprint density at radius 2 is 1.77 bits per heavy atom. The van der Waals surface area contributed by atoms with Crippen LogP contribution in [-0.2, 0) is 19.6 Å². The fraction of sp³-hybridized carbons (Fsp3) is 0.176. The van der Waals surface area contributed by atoms with Crippen molar-refractivity contribution < 1.29 is 22.7 Å². The molecule has 0 saturated carbocycles. The lowest BCUT2D eigenvalue weighted by atomic mass is 10.2. The van der Waals surface area contributed by atoms with Gasteiger partial charge in [-0.15, -0.1) is 0 Å². The molecule has 136 valence electrons. The Labute approximate surface area is 150 Å². The van der Waals surface area contributed by atoms with Gasteiger partial charge < -0.3 is 15.4 Å². The van der Waals surface area contributed by atoms with E-state index in [1.165, 1.54) is 37.3 Å². The number of carbonyl (C=O) groups excluding carboxylic acids is 2. The summed E-state index contributed by atoms with van der Waals surface area (Å²) in [6.07, 6.45) is -0.604. The van der Waals surface area contributed by atoms with Crippen molar-refractivity contribution in [3.8, 4) is 5.75 Å². The molecule has 0 saturated heterocycles. The minimum atomic E-state index is -3.83. The molecule has 0 radical (unpaired) electrons. The van der Waals surface area contributed by atoms with Gasteiger partial charge in [-0.3, -0.25) is 14.3 Å². The van der Waals surface area contributed by atoms with Crippen LogP contribution in [0.4, 0.5) is 17.1 Å². The topological polar surface area (TPSA) is 114 Å². The zero-order valence-corrected chi connectivity index (χ0v) is 14.9. The number of carbonyl (C=O) groups is 2. The molecule has 2 aromatic rings. The highest BCUT2D eigenvalue weighted by molar-refractivity contribution is 7.92. The highest BCUT2D eigenvalue weighted by Gasteiger charge is 2.24. The molecule has 1 atom stereocenters. The van der Waals surface area contributed by atoms with Crippen LogP contribution in [0.25, 0.3) is 0 Å². The predicted molar refractivity (Wildman–Crippen MR) is 96.7 cm³/mol. The molecule has 8 nitrogen and oxygen atoms in total. The van der Waals surface area contributed by atoms with Crippen molar-refractivity contribution in [2.75, 3.05) is 15.4 Å². The SMILES string of the molecule is CC(=O)Nc1ccc(S(=O)(=O)Nc2ccc3c(c2)NC(=O)[C@@H](C)O3)cc1. The van der Waals surface area contributed by atoms with Crippen molar-refractivity contribution in [2.24, 2.45) is 0 Å². The number of amides is 2. The molecule has 0 fully saturated rings. The number of fused-ring (bicyclic) bond motifs is 1. The molecule has 9 heteroatoms. The molecule has 1 aliphatic rings. The van der Waals surface area contributed by atoms with Gasteiger partial charge in [0.1, 0.15) is 5.75 Å². The molecule has 1 aliphatic heterocycles. The maximum absolute atomic E-state index is 12.5. The number of hydrogen-bond acceptors (Lipinski definition) is 5. The molecule has 3 rings (SSSR count). The van der Waals surface area contributed by atoms with Gasteiger partial charge in [0.05, 0.1) is 16.3 Å². The van der Waals surface area contributed by atoms with Gasteiger partial charge >= 0.3 is 0 Å². The number of sulfonamides is 1. The summed E-state index contributed by atoms with van der Waals surface area (Å²) in [7, 11) is -3.83. The van der Waals surface area contributed by atoms with E-state index in [1.807, 2.05) is 0 Å². The minimum absolute atomic E-state index is 0.0400. The van der Waals surface area contributed by atoms with Crippen LogP contribution in [-0.4, -0.2) is 26.3 Å². The van der Waals surface area contributed by atoms with Crippen LogP contribution >= 0.6 is 0 Å². The first-order chi connectivity index (χ1) is 12.2. The smallest absolute Gasteiger partial charge is 0.265 e. The molecule has 3 N–H and O–H groups in total. The number of anilines is 3. The van der Waals surface area contributed by atoms with Gasteiger partial charge in [-0.2, -0.15) is 0 Å². The Bertz CT molecular complexity index is 970. The zero-order chi connectivity index (χ0) is 18.9. The number of ether oxygens (including phenoxy) is 1. The summed E-state index contributed by atoms with van der Waals surface area (Å²) in [4.78, 5) is 22.7. The maximum atomic E-state index is 12.5. The normalized spacial score (nSPS) is 16.1. The van der Waals surface area contributed by atoms with Gasteiger partial charge in [-0.1, -0.05) is 0 Å². The van der Waals surface area contributed by atoms with E-state index in [0.717, 1.165) is 0 Å². The molecule has 2 amide bonds. The Morgan fingerprint density at radius 3 is 2.42 bits per heavy atom. The van der Waals surface area contributed by atoms with E-state index < -0.39 is 16.1 Å². The van der Waals surface area contributed by atoms with Crippen molar-refractivity contribution in [3.05, 3.63) is 42.5 Å².